The van der Waals surface area contributed by atoms with E-state index < -0.39 is 0 Å². The van der Waals surface area contributed by atoms with Crippen molar-refractivity contribution in [2.45, 2.75) is 32.7 Å². The van der Waals surface area contributed by atoms with Gasteiger partial charge in [-0.2, -0.15) is 0 Å². The summed E-state index contributed by atoms with van der Waals surface area (Å²) in [4.78, 5) is 0. The number of rotatable bonds is 7. The Balaban J connectivity index is 2.29. The van der Waals surface area contributed by atoms with Crippen molar-refractivity contribution in [1.29, 1.82) is 0 Å². The molecule has 0 saturated carbocycles. The van der Waals surface area contributed by atoms with Crippen LogP contribution in [-0.2, 0) is 0 Å². The summed E-state index contributed by atoms with van der Waals surface area (Å²) in [5.41, 5.74) is 0. The second kappa shape index (κ2) is 6.64. The van der Waals surface area contributed by atoms with Crippen LogP contribution >= 0.6 is 0 Å². The number of nitrogens with one attached hydrogen (secondary N) is 1. The number of furan rings is 1. The Morgan fingerprint density at radius 1 is 1.53 bits per heavy atom. The molecule has 0 aromatic carbocycles. The summed E-state index contributed by atoms with van der Waals surface area (Å²) in [7, 11) is 0. The molecule has 0 saturated heterocycles. The maximum atomic E-state index is 8.87. The molecule has 1 aromatic rings. The number of hydrogen-bond donors (Lipinski definition) is 2. The molecule has 0 aliphatic rings. The smallest absolute Gasteiger partial charge is 0.120 e. The van der Waals surface area contributed by atoms with E-state index in [-0.39, 0.29) is 12.6 Å². The first kappa shape index (κ1) is 12.3. The summed E-state index contributed by atoms with van der Waals surface area (Å²) < 4.78 is 5.31. The third-order valence-corrected chi connectivity index (χ3v) is 2.80. The second-order valence-electron chi connectivity index (χ2n) is 3.93. The van der Waals surface area contributed by atoms with Crippen molar-refractivity contribution in [3.8, 4) is 0 Å². The van der Waals surface area contributed by atoms with Gasteiger partial charge in [0, 0.05) is 6.61 Å². The Labute approximate surface area is 91.5 Å². The standard InChI is InChI=1S/C12H21NO2/c1-3-11(6-7-14)9-13-10(2)12-5-4-8-15-12/h4-5,8,10-11,13-14H,3,6-7,9H2,1-2H3. The topological polar surface area (TPSA) is 45.4 Å². The molecule has 1 rings (SSSR count). The molecule has 86 valence electrons. The molecule has 0 bridgehead atoms. The Bertz CT molecular complexity index is 246. The average molecular weight is 211 g/mol. The normalized spacial score (nSPS) is 15.1. The zero-order valence-electron chi connectivity index (χ0n) is 9.57. The van der Waals surface area contributed by atoms with Gasteiger partial charge < -0.3 is 14.8 Å². The fourth-order valence-corrected chi connectivity index (χ4v) is 1.61. The van der Waals surface area contributed by atoms with E-state index in [4.69, 9.17) is 9.52 Å². The summed E-state index contributed by atoms with van der Waals surface area (Å²) in [6.07, 6.45) is 3.66. The lowest BCUT2D eigenvalue weighted by atomic mass is 10.0. The van der Waals surface area contributed by atoms with Crippen molar-refractivity contribution in [2.24, 2.45) is 5.92 Å². The van der Waals surface area contributed by atoms with E-state index in [1.807, 2.05) is 12.1 Å². The van der Waals surface area contributed by atoms with Crippen LogP contribution in [0.5, 0.6) is 0 Å². The van der Waals surface area contributed by atoms with Crippen molar-refractivity contribution in [3.63, 3.8) is 0 Å². The second-order valence-corrected chi connectivity index (χ2v) is 3.93. The lowest BCUT2D eigenvalue weighted by Gasteiger charge is -2.17. The minimum atomic E-state index is 0.243. The highest BCUT2D eigenvalue weighted by atomic mass is 16.3. The Morgan fingerprint density at radius 3 is 2.87 bits per heavy atom. The Morgan fingerprint density at radius 2 is 2.33 bits per heavy atom. The van der Waals surface area contributed by atoms with E-state index in [1.165, 1.54) is 0 Å². The van der Waals surface area contributed by atoms with Crippen LogP contribution < -0.4 is 5.32 Å². The lowest BCUT2D eigenvalue weighted by Crippen LogP contribution is -2.25. The molecular weight excluding hydrogens is 190 g/mol. The maximum Gasteiger partial charge on any atom is 0.120 e. The number of aliphatic hydroxyl groups is 1. The summed E-state index contributed by atoms with van der Waals surface area (Å²) >= 11 is 0. The molecule has 2 N–H and O–H groups in total. The first-order chi connectivity index (χ1) is 7.27. The fourth-order valence-electron chi connectivity index (χ4n) is 1.61. The zero-order valence-corrected chi connectivity index (χ0v) is 9.57. The third kappa shape index (κ3) is 4.06. The van der Waals surface area contributed by atoms with E-state index in [0.29, 0.717) is 5.92 Å². The average Bonchev–Trinajstić information content (AvgIpc) is 2.77. The van der Waals surface area contributed by atoms with Crippen molar-refractivity contribution in [3.05, 3.63) is 24.2 Å². The molecular formula is C12H21NO2. The van der Waals surface area contributed by atoms with Gasteiger partial charge in [0.05, 0.1) is 12.3 Å². The van der Waals surface area contributed by atoms with Crippen LogP contribution in [0.4, 0.5) is 0 Å². The summed E-state index contributed by atoms with van der Waals surface area (Å²) in [6.45, 7) is 5.44. The molecule has 0 radical (unpaired) electrons. The lowest BCUT2D eigenvalue weighted by molar-refractivity contribution is 0.247. The van der Waals surface area contributed by atoms with E-state index in [2.05, 4.69) is 19.2 Å². The van der Waals surface area contributed by atoms with Crippen LogP contribution in [0.1, 0.15) is 38.5 Å². The van der Waals surface area contributed by atoms with Crippen molar-refractivity contribution >= 4 is 0 Å². The minimum Gasteiger partial charge on any atom is -0.468 e. The van der Waals surface area contributed by atoms with Crippen LogP contribution in [0.3, 0.4) is 0 Å². The molecule has 1 aromatic heterocycles. The maximum absolute atomic E-state index is 8.87. The zero-order chi connectivity index (χ0) is 11.1. The first-order valence-electron chi connectivity index (χ1n) is 5.65. The molecule has 1 heterocycles. The molecule has 2 atom stereocenters. The number of hydrogen-bond acceptors (Lipinski definition) is 3. The highest BCUT2D eigenvalue weighted by molar-refractivity contribution is 5.02. The van der Waals surface area contributed by atoms with E-state index in [1.54, 1.807) is 6.26 Å². The fraction of sp³-hybridized carbons (Fsp3) is 0.667. The highest BCUT2D eigenvalue weighted by Crippen LogP contribution is 2.14. The van der Waals surface area contributed by atoms with Crippen LogP contribution in [0, 0.1) is 5.92 Å². The number of aliphatic hydroxyl groups excluding tert-OH is 1. The summed E-state index contributed by atoms with van der Waals surface area (Å²) in [5, 5.41) is 12.3. The monoisotopic (exact) mass is 211 g/mol. The van der Waals surface area contributed by atoms with Gasteiger partial charge in [0.2, 0.25) is 0 Å². The SMILES string of the molecule is CCC(CCO)CNC(C)c1ccco1. The van der Waals surface area contributed by atoms with Crippen LogP contribution in [-0.4, -0.2) is 18.3 Å². The molecule has 3 heteroatoms. The Kier molecular flexibility index (Phi) is 5.43. The molecule has 2 unspecified atom stereocenters. The van der Waals surface area contributed by atoms with Gasteiger partial charge >= 0.3 is 0 Å². The molecule has 0 aliphatic carbocycles. The van der Waals surface area contributed by atoms with Gasteiger partial charge in [0.1, 0.15) is 5.76 Å². The predicted octanol–water partition coefficient (Wildman–Crippen LogP) is 2.34. The molecule has 15 heavy (non-hydrogen) atoms. The largest absolute Gasteiger partial charge is 0.468 e. The van der Waals surface area contributed by atoms with Crippen molar-refractivity contribution in [2.75, 3.05) is 13.2 Å². The Hall–Kier alpha value is -0.800. The van der Waals surface area contributed by atoms with E-state index in [9.17, 15) is 0 Å². The summed E-state index contributed by atoms with van der Waals surface area (Å²) in [5.74, 6) is 1.52. The van der Waals surface area contributed by atoms with E-state index in [0.717, 1.165) is 25.1 Å². The molecule has 0 amide bonds. The van der Waals surface area contributed by atoms with Crippen LogP contribution in [0.15, 0.2) is 22.8 Å². The van der Waals surface area contributed by atoms with Gasteiger partial charge in [0.25, 0.3) is 0 Å². The van der Waals surface area contributed by atoms with Gasteiger partial charge in [-0.3, -0.25) is 0 Å². The van der Waals surface area contributed by atoms with Gasteiger partial charge in [-0.15, -0.1) is 0 Å². The highest BCUT2D eigenvalue weighted by Gasteiger charge is 2.10. The van der Waals surface area contributed by atoms with Crippen molar-refractivity contribution < 1.29 is 9.52 Å². The summed E-state index contributed by atoms with van der Waals surface area (Å²) in [6, 6.07) is 4.12. The van der Waals surface area contributed by atoms with Gasteiger partial charge in [-0.25, -0.2) is 0 Å². The van der Waals surface area contributed by atoms with Gasteiger partial charge in [0.15, 0.2) is 0 Å². The van der Waals surface area contributed by atoms with E-state index >= 15 is 0 Å². The quantitative estimate of drug-likeness (QED) is 0.727. The van der Waals surface area contributed by atoms with Crippen LogP contribution in [0.25, 0.3) is 0 Å². The molecule has 0 aliphatic heterocycles. The minimum absolute atomic E-state index is 0.243. The third-order valence-electron chi connectivity index (χ3n) is 2.80. The van der Waals surface area contributed by atoms with Crippen molar-refractivity contribution in [1.82, 2.24) is 5.32 Å². The van der Waals surface area contributed by atoms with Gasteiger partial charge in [-0.1, -0.05) is 13.3 Å². The molecule has 0 spiro atoms. The first-order valence-corrected chi connectivity index (χ1v) is 5.65. The van der Waals surface area contributed by atoms with Crippen LogP contribution in [0.2, 0.25) is 0 Å². The molecule has 0 fully saturated rings. The molecule has 3 nitrogen and oxygen atoms in total. The predicted molar refractivity (Wildman–Crippen MR) is 60.6 cm³/mol. The van der Waals surface area contributed by atoms with Gasteiger partial charge in [-0.05, 0) is 37.9 Å².